The molecular weight excluding hydrogens is 365 g/mol. The molecule has 0 aliphatic heterocycles. The second-order valence-corrected chi connectivity index (χ2v) is 5.39. The molecule has 0 saturated carbocycles. The Morgan fingerprint density at radius 2 is 2.05 bits per heavy atom. The summed E-state index contributed by atoms with van der Waals surface area (Å²) in [6.07, 6.45) is 0. The van der Waals surface area contributed by atoms with E-state index in [1.807, 2.05) is 6.07 Å². The van der Waals surface area contributed by atoms with Crippen molar-refractivity contribution < 1.29 is 4.79 Å². The van der Waals surface area contributed by atoms with Gasteiger partial charge in [-0.05, 0) is 30.3 Å². The molecule has 1 N–H and O–H groups in total. The fourth-order valence-corrected chi connectivity index (χ4v) is 2.28. The van der Waals surface area contributed by atoms with Crippen molar-refractivity contribution in [1.29, 1.82) is 5.26 Å². The van der Waals surface area contributed by atoms with E-state index in [1.54, 1.807) is 18.2 Å². The second-order valence-electron chi connectivity index (χ2n) is 3.73. The zero-order chi connectivity index (χ0) is 14.7. The SMILES string of the molecule is N#Cc1ccc(Br)cc1NC(=O)c1ccc(Cl)nc1Cl. The third-order valence-corrected chi connectivity index (χ3v) is 3.40. The lowest BCUT2D eigenvalue weighted by Crippen LogP contribution is -2.14. The van der Waals surface area contributed by atoms with Gasteiger partial charge in [0.25, 0.3) is 5.91 Å². The average molecular weight is 371 g/mol. The zero-order valence-electron chi connectivity index (χ0n) is 9.82. The Balaban J connectivity index is 2.33. The van der Waals surface area contributed by atoms with Crippen LogP contribution >= 0.6 is 39.1 Å². The topological polar surface area (TPSA) is 65.8 Å². The number of nitrogens with one attached hydrogen (secondary N) is 1. The van der Waals surface area contributed by atoms with Crippen molar-refractivity contribution in [3.8, 4) is 6.07 Å². The van der Waals surface area contributed by atoms with Crippen molar-refractivity contribution in [3.05, 3.63) is 56.2 Å². The molecule has 0 spiro atoms. The summed E-state index contributed by atoms with van der Waals surface area (Å²) in [6, 6.07) is 9.88. The third-order valence-electron chi connectivity index (χ3n) is 2.41. The van der Waals surface area contributed by atoms with Crippen LogP contribution in [-0.4, -0.2) is 10.9 Å². The number of halogens is 3. The molecule has 100 valence electrons. The molecule has 7 heteroatoms. The van der Waals surface area contributed by atoms with Crippen LogP contribution in [0, 0.1) is 11.3 Å². The molecule has 2 rings (SSSR count). The van der Waals surface area contributed by atoms with Crippen LogP contribution in [0.4, 0.5) is 5.69 Å². The van der Waals surface area contributed by atoms with E-state index in [-0.39, 0.29) is 15.9 Å². The minimum Gasteiger partial charge on any atom is -0.321 e. The van der Waals surface area contributed by atoms with Crippen LogP contribution in [0.2, 0.25) is 10.3 Å². The summed E-state index contributed by atoms with van der Waals surface area (Å²) in [7, 11) is 0. The number of anilines is 1. The lowest BCUT2D eigenvalue weighted by atomic mass is 10.2. The highest BCUT2D eigenvalue weighted by molar-refractivity contribution is 9.10. The molecule has 0 atom stereocenters. The molecule has 0 unspecified atom stereocenters. The zero-order valence-corrected chi connectivity index (χ0v) is 12.9. The Labute approximate surface area is 133 Å². The van der Waals surface area contributed by atoms with Crippen molar-refractivity contribution in [3.63, 3.8) is 0 Å². The number of nitriles is 1. The maximum Gasteiger partial charge on any atom is 0.258 e. The van der Waals surface area contributed by atoms with Gasteiger partial charge in [-0.2, -0.15) is 5.26 Å². The summed E-state index contributed by atoms with van der Waals surface area (Å²) in [5.41, 5.74) is 0.914. The van der Waals surface area contributed by atoms with Crippen LogP contribution in [0.1, 0.15) is 15.9 Å². The van der Waals surface area contributed by atoms with E-state index in [2.05, 4.69) is 26.2 Å². The summed E-state index contributed by atoms with van der Waals surface area (Å²) in [5, 5.41) is 11.8. The van der Waals surface area contributed by atoms with E-state index in [0.717, 1.165) is 4.47 Å². The van der Waals surface area contributed by atoms with Crippen LogP contribution < -0.4 is 5.32 Å². The Morgan fingerprint density at radius 1 is 1.30 bits per heavy atom. The van der Waals surface area contributed by atoms with Crippen LogP contribution in [0.5, 0.6) is 0 Å². The van der Waals surface area contributed by atoms with Crippen LogP contribution in [0.3, 0.4) is 0 Å². The summed E-state index contributed by atoms with van der Waals surface area (Å²) < 4.78 is 0.743. The van der Waals surface area contributed by atoms with Gasteiger partial charge in [-0.1, -0.05) is 39.1 Å². The van der Waals surface area contributed by atoms with Crippen molar-refractivity contribution in [2.24, 2.45) is 0 Å². The number of amides is 1. The first-order valence-electron chi connectivity index (χ1n) is 5.34. The van der Waals surface area contributed by atoms with Gasteiger partial charge in [0.2, 0.25) is 0 Å². The van der Waals surface area contributed by atoms with Gasteiger partial charge in [0.05, 0.1) is 16.8 Å². The number of pyridine rings is 1. The number of aromatic nitrogens is 1. The average Bonchev–Trinajstić information content (AvgIpc) is 2.38. The molecule has 2 aromatic rings. The highest BCUT2D eigenvalue weighted by Gasteiger charge is 2.14. The Kier molecular flexibility index (Phi) is 4.61. The van der Waals surface area contributed by atoms with E-state index in [9.17, 15) is 4.79 Å². The molecule has 0 radical (unpaired) electrons. The first-order chi connectivity index (χ1) is 9.51. The molecule has 4 nitrogen and oxygen atoms in total. The summed E-state index contributed by atoms with van der Waals surface area (Å²) >= 11 is 14.8. The van der Waals surface area contributed by atoms with Crippen molar-refractivity contribution in [2.45, 2.75) is 0 Å². The predicted octanol–water partition coefficient (Wildman–Crippen LogP) is 4.27. The lowest BCUT2D eigenvalue weighted by Gasteiger charge is -2.08. The van der Waals surface area contributed by atoms with E-state index in [4.69, 9.17) is 28.5 Å². The number of benzene rings is 1. The molecule has 1 aromatic carbocycles. The van der Waals surface area contributed by atoms with Crippen LogP contribution in [0.15, 0.2) is 34.8 Å². The largest absolute Gasteiger partial charge is 0.321 e. The van der Waals surface area contributed by atoms with Crippen LogP contribution in [-0.2, 0) is 0 Å². The highest BCUT2D eigenvalue weighted by Crippen LogP contribution is 2.23. The molecule has 0 fully saturated rings. The maximum atomic E-state index is 12.1. The minimum atomic E-state index is -0.464. The molecule has 1 aromatic heterocycles. The maximum absolute atomic E-state index is 12.1. The molecule has 0 bridgehead atoms. The van der Waals surface area contributed by atoms with Crippen molar-refractivity contribution >= 4 is 50.7 Å². The molecule has 1 amide bonds. The van der Waals surface area contributed by atoms with E-state index >= 15 is 0 Å². The monoisotopic (exact) mass is 369 g/mol. The number of carbonyl (C=O) groups is 1. The number of nitrogens with zero attached hydrogens (tertiary/aromatic N) is 2. The third kappa shape index (κ3) is 3.28. The van der Waals surface area contributed by atoms with E-state index in [1.165, 1.54) is 12.1 Å². The van der Waals surface area contributed by atoms with E-state index in [0.29, 0.717) is 11.3 Å². The summed E-state index contributed by atoms with van der Waals surface area (Å²) in [5.74, 6) is -0.464. The van der Waals surface area contributed by atoms with Gasteiger partial charge < -0.3 is 5.32 Å². The number of carbonyl (C=O) groups excluding carboxylic acids is 1. The van der Waals surface area contributed by atoms with Gasteiger partial charge in [-0.3, -0.25) is 4.79 Å². The molecule has 20 heavy (non-hydrogen) atoms. The molecule has 0 aliphatic carbocycles. The molecule has 0 aliphatic rings. The summed E-state index contributed by atoms with van der Waals surface area (Å²) in [6.45, 7) is 0. The first-order valence-corrected chi connectivity index (χ1v) is 6.89. The summed E-state index contributed by atoms with van der Waals surface area (Å²) in [4.78, 5) is 15.9. The highest BCUT2D eigenvalue weighted by atomic mass is 79.9. The number of hydrogen-bond donors (Lipinski definition) is 1. The van der Waals surface area contributed by atoms with Gasteiger partial charge in [-0.25, -0.2) is 4.98 Å². The van der Waals surface area contributed by atoms with Gasteiger partial charge in [-0.15, -0.1) is 0 Å². The Hall–Kier alpha value is -1.61. The fraction of sp³-hybridized carbons (Fsp3) is 0. The minimum absolute atomic E-state index is 0.00324. The first kappa shape index (κ1) is 14.8. The quantitative estimate of drug-likeness (QED) is 0.802. The van der Waals surface area contributed by atoms with Crippen molar-refractivity contribution in [2.75, 3.05) is 5.32 Å². The molecule has 0 saturated heterocycles. The molecule has 1 heterocycles. The van der Waals surface area contributed by atoms with Gasteiger partial charge >= 0.3 is 0 Å². The Morgan fingerprint density at radius 3 is 2.70 bits per heavy atom. The van der Waals surface area contributed by atoms with Crippen LogP contribution in [0.25, 0.3) is 0 Å². The lowest BCUT2D eigenvalue weighted by molar-refractivity contribution is 0.102. The number of rotatable bonds is 2. The van der Waals surface area contributed by atoms with E-state index < -0.39 is 5.91 Å². The predicted molar refractivity (Wildman–Crippen MR) is 81.1 cm³/mol. The standard InChI is InChI=1S/C13H6BrCl2N3O/c14-8-2-1-7(6-17)10(5-8)18-13(20)9-3-4-11(15)19-12(9)16/h1-5H,(H,18,20). The molecular formula is C13H6BrCl2N3O. The second kappa shape index (κ2) is 6.23. The van der Waals surface area contributed by atoms with Gasteiger partial charge in [0.15, 0.2) is 0 Å². The smallest absolute Gasteiger partial charge is 0.258 e. The van der Waals surface area contributed by atoms with Crippen molar-refractivity contribution in [1.82, 2.24) is 4.98 Å². The normalized spacial score (nSPS) is 9.90. The number of hydrogen-bond acceptors (Lipinski definition) is 3. The fourth-order valence-electron chi connectivity index (χ4n) is 1.49. The van der Waals surface area contributed by atoms with Gasteiger partial charge in [0, 0.05) is 4.47 Å². The Bertz CT molecular complexity index is 728. The van der Waals surface area contributed by atoms with Gasteiger partial charge in [0.1, 0.15) is 16.4 Å².